The molecular formula is C31H30ClFN4O4. The Morgan fingerprint density at radius 3 is 2.73 bits per heavy atom. The van der Waals surface area contributed by atoms with E-state index in [1.54, 1.807) is 42.3 Å². The second-order valence-corrected chi connectivity index (χ2v) is 10.9. The molecule has 0 saturated heterocycles. The summed E-state index contributed by atoms with van der Waals surface area (Å²) in [5.74, 6) is -1.24. The van der Waals surface area contributed by atoms with Gasteiger partial charge in [-0.2, -0.15) is 0 Å². The highest BCUT2D eigenvalue weighted by molar-refractivity contribution is 6.31. The number of nitrogens with one attached hydrogen (secondary N) is 2. The molecular weight excluding hydrogens is 547 g/mol. The number of rotatable bonds is 3. The number of pyridine rings is 1. The second kappa shape index (κ2) is 11.7. The van der Waals surface area contributed by atoms with Crippen molar-refractivity contribution >= 4 is 46.5 Å². The lowest BCUT2D eigenvalue weighted by atomic mass is 9.91. The molecule has 0 unspecified atom stereocenters. The number of carbonyl (C=O) groups excluding carboxylic acids is 2. The maximum absolute atomic E-state index is 14.9. The fourth-order valence-corrected chi connectivity index (χ4v) is 5.73. The van der Waals surface area contributed by atoms with Crippen LogP contribution in [0.15, 0.2) is 54.7 Å². The SMILES string of the molecule is Cc1ccc(Cl)c(F)c1C1=CC(=O)N([C@H]2CCC[C@@H](C)C(=O)Nc3cc(NC(=O)O)ccc3-c3ccnc2c3)CC1. The number of hydrogen-bond donors (Lipinski definition) is 3. The van der Waals surface area contributed by atoms with Gasteiger partial charge in [0.25, 0.3) is 0 Å². The number of anilines is 2. The Hall–Kier alpha value is -4.24. The van der Waals surface area contributed by atoms with Crippen molar-refractivity contribution in [1.82, 2.24) is 9.88 Å². The number of nitrogens with zero attached hydrogens (tertiary/aromatic N) is 2. The summed E-state index contributed by atoms with van der Waals surface area (Å²) in [4.78, 5) is 44.2. The Bertz CT molecular complexity index is 1570. The zero-order chi connectivity index (χ0) is 29.3. The number of halogens is 2. The van der Waals surface area contributed by atoms with Gasteiger partial charge in [0, 0.05) is 41.5 Å². The summed E-state index contributed by atoms with van der Waals surface area (Å²) in [6.07, 6.45) is 4.27. The van der Waals surface area contributed by atoms with E-state index in [2.05, 4.69) is 15.6 Å². The minimum absolute atomic E-state index is 0.0195. The average Bonchev–Trinajstić information content (AvgIpc) is 2.93. The summed E-state index contributed by atoms with van der Waals surface area (Å²) in [7, 11) is 0. The first kappa shape index (κ1) is 28.3. The van der Waals surface area contributed by atoms with E-state index in [1.165, 1.54) is 12.1 Å². The van der Waals surface area contributed by atoms with Crippen molar-refractivity contribution in [2.24, 2.45) is 5.92 Å². The van der Waals surface area contributed by atoms with Crippen molar-refractivity contribution in [2.45, 2.75) is 45.6 Å². The molecule has 8 nitrogen and oxygen atoms in total. The van der Waals surface area contributed by atoms with Crippen molar-refractivity contribution in [2.75, 3.05) is 17.2 Å². The average molecular weight is 577 g/mol. The number of fused-ring (bicyclic) bond motifs is 4. The summed E-state index contributed by atoms with van der Waals surface area (Å²) < 4.78 is 14.9. The Labute approximate surface area is 242 Å². The fraction of sp³-hybridized carbons (Fsp3) is 0.290. The van der Waals surface area contributed by atoms with Crippen LogP contribution in [0.2, 0.25) is 5.02 Å². The standard InChI is InChI=1S/C31H30ClFN4O4/c1-17-6-9-23(32)29(33)28(17)20-11-13-37(27(38)15-20)26-5-3-4-18(2)30(39)36-24-16-21(35-31(40)41)7-8-22(24)19-10-12-34-25(26)14-19/h6-10,12,14-16,18,26,35H,3-5,11,13H2,1-2H3,(H,36,39)(H,40,41)/t18-,26+/m1/s1. The van der Waals surface area contributed by atoms with Crippen molar-refractivity contribution < 1.29 is 23.9 Å². The zero-order valence-electron chi connectivity index (χ0n) is 22.7. The van der Waals surface area contributed by atoms with Gasteiger partial charge in [0.2, 0.25) is 11.8 Å². The predicted molar refractivity (Wildman–Crippen MR) is 156 cm³/mol. The number of aryl methyl sites for hydroxylation is 1. The zero-order valence-corrected chi connectivity index (χ0v) is 23.5. The first-order valence-corrected chi connectivity index (χ1v) is 13.9. The van der Waals surface area contributed by atoms with Gasteiger partial charge in [0.1, 0.15) is 5.82 Å². The van der Waals surface area contributed by atoms with Crippen LogP contribution in [0.3, 0.4) is 0 Å². The van der Waals surface area contributed by atoms with Crippen molar-refractivity contribution in [3.05, 3.63) is 82.4 Å². The highest BCUT2D eigenvalue weighted by atomic mass is 35.5. The third kappa shape index (κ3) is 5.95. The minimum atomic E-state index is -1.21. The van der Waals surface area contributed by atoms with Gasteiger partial charge in [-0.05, 0) is 73.2 Å². The number of amides is 3. The molecule has 3 N–H and O–H groups in total. The van der Waals surface area contributed by atoms with Gasteiger partial charge in [0.05, 0.1) is 22.4 Å². The smallest absolute Gasteiger partial charge is 0.409 e. The molecule has 5 rings (SSSR count). The van der Waals surface area contributed by atoms with E-state index in [1.807, 2.05) is 19.1 Å². The predicted octanol–water partition coefficient (Wildman–Crippen LogP) is 7.05. The summed E-state index contributed by atoms with van der Waals surface area (Å²) in [5.41, 5.74) is 4.68. The van der Waals surface area contributed by atoms with Gasteiger partial charge in [-0.15, -0.1) is 0 Å². The van der Waals surface area contributed by atoms with Gasteiger partial charge in [-0.1, -0.05) is 37.1 Å². The topological polar surface area (TPSA) is 112 Å². The first-order chi connectivity index (χ1) is 19.6. The number of hydrogen-bond acceptors (Lipinski definition) is 4. The van der Waals surface area contributed by atoms with Crippen LogP contribution in [-0.2, 0) is 9.59 Å². The van der Waals surface area contributed by atoms with Gasteiger partial charge >= 0.3 is 6.09 Å². The van der Waals surface area contributed by atoms with Crippen LogP contribution >= 0.6 is 11.6 Å². The Balaban J connectivity index is 1.53. The third-order valence-electron chi connectivity index (χ3n) is 7.73. The lowest BCUT2D eigenvalue weighted by Crippen LogP contribution is -2.38. The van der Waals surface area contributed by atoms with E-state index in [4.69, 9.17) is 16.7 Å². The Morgan fingerprint density at radius 2 is 1.98 bits per heavy atom. The van der Waals surface area contributed by atoms with Gasteiger partial charge < -0.3 is 15.3 Å². The minimum Gasteiger partial charge on any atom is -0.465 e. The van der Waals surface area contributed by atoms with Crippen LogP contribution in [0.1, 0.15) is 55.5 Å². The highest BCUT2D eigenvalue weighted by Gasteiger charge is 2.31. The van der Waals surface area contributed by atoms with E-state index in [-0.39, 0.29) is 28.8 Å². The molecule has 41 heavy (non-hydrogen) atoms. The highest BCUT2D eigenvalue weighted by Crippen LogP contribution is 2.38. The molecule has 0 spiro atoms. The number of benzene rings is 2. The molecule has 3 amide bonds. The Kier molecular flexibility index (Phi) is 8.08. The fourth-order valence-electron chi connectivity index (χ4n) is 5.57. The van der Waals surface area contributed by atoms with E-state index in [9.17, 15) is 18.8 Å². The van der Waals surface area contributed by atoms with Crippen LogP contribution in [0.25, 0.3) is 16.7 Å². The molecule has 0 radical (unpaired) electrons. The molecule has 0 fully saturated rings. The van der Waals surface area contributed by atoms with E-state index >= 15 is 0 Å². The van der Waals surface area contributed by atoms with Crippen molar-refractivity contribution in [3.63, 3.8) is 0 Å². The van der Waals surface area contributed by atoms with Crippen LogP contribution in [0, 0.1) is 18.7 Å². The molecule has 0 saturated carbocycles. The molecule has 212 valence electrons. The van der Waals surface area contributed by atoms with E-state index in [0.29, 0.717) is 71.6 Å². The lowest BCUT2D eigenvalue weighted by molar-refractivity contribution is -0.129. The molecule has 10 heteroatoms. The van der Waals surface area contributed by atoms with Gasteiger partial charge in [-0.25, -0.2) is 9.18 Å². The molecule has 1 aromatic heterocycles. The van der Waals surface area contributed by atoms with Gasteiger partial charge in [0.15, 0.2) is 0 Å². The maximum atomic E-state index is 14.9. The number of carboxylic acid groups (broad SMARTS) is 1. The summed E-state index contributed by atoms with van der Waals surface area (Å²) in [5, 5.41) is 14.5. The lowest BCUT2D eigenvalue weighted by Gasteiger charge is -2.35. The largest absolute Gasteiger partial charge is 0.465 e. The van der Waals surface area contributed by atoms with Crippen molar-refractivity contribution in [3.8, 4) is 11.1 Å². The maximum Gasteiger partial charge on any atom is 0.409 e. The molecule has 2 aliphatic rings. The third-order valence-corrected chi connectivity index (χ3v) is 8.02. The van der Waals surface area contributed by atoms with E-state index in [0.717, 1.165) is 5.56 Å². The molecule has 3 aromatic rings. The molecule has 2 bridgehead atoms. The van der Waals surface area contributed by atoms with Crippen LogP contribution in [-0.4, -0.2) is 39.4 Å². The molecule has 3 heterocycles. The van der Waals surface area contributed by atoms with Crippen LogP contribution in [0.4, 0.5) is 20.6 Å². The number of aromatic nitrogens is 1. The molecule has 2 aromatic carbocycles. The summed E-state index contributed by atoms with van der Waals surface area (Å²) in [6, 6.07) is 11.6. The first-order valence-electron chi connectivity index (χ1n) is 13.5. The number of carbonyl (C=O) groups is 3. The molecule has 0 aliphatic carbocycles. The van der Waals surface area contributed by atoms with E-state index < -0.39 is 11.9 Å². The van der Waals surface area contributed by atoms with Gasteiger partial charge in [-0.3, -0.25) is 19.9 Å². The van der Waals surface area contributed by atoms with Crippen LogP contribution in [0.5, 0.6) is 0 Å². The summed E-state index contributed by atoms with van der Waals surface area (Å²) >= 11 is 6.04. The molecule has 2 atom stereocenters. The van der Waals surface area contributed by atoms with Crippen LogP contribution < -0.4 is 10.6 Å². The molecule has 2 aliphatic heterocycles. The second-order valence-electron chi connectivity index (χ2n) is 10.5. The Morgan fingerprint density at radius 1 is 1.17 bits per heavy atom. The summed E-state index contributed by atoms with van der Waals surface area (Å²) in [6.45, 7) is 4.02. The normalized spacial score (nSPS) is 19.3. The monoisotopic (exact) mass is 576 g/mol. The van der Waals surface area contributed by atoms with Crippen molar-refractivity contribution in [1.29, 1.82) is 0 Å². The quantitative estimate of drug-likeness (QED) is 0.309.